The summed E-state index contributed by atoms with van der Waals surface area (Å²) < 4.78 is 9.95. The molecule has 0 heterocycles. The smallest absolute Gasteiger partial charge is 0.308 e. The highest BCUT2D eigenvalue weighted by atomic mass is 16.7. The SMILES string of the molecule is CCCC(=O)OC(CC)OC(=O)CCC. The number of hydrogen-bond acceptors (Lipinski definition) is 4. The number of carbonyl (C=O) groups excluding carboxylic acids is 2. The summed E-state index contributed by atoms with van der Waals surface area (Å²) in [5.41, 5.74) is 0. The highest BCUT2D eigenvalue weighted by molar-refractivity contribution is 5.71. The van der Waals surface area contributed by atoms with Crippen molar-refractivity contribution >= 4 is 11.9 Å². The van der Waals surface area contributed by atoms with E-state index in [9.17, 15) is 9.59 Å². The summed E-state index contributed by atoms with van der Waals surface area (Å²) in [6.07, 6.45) is 1.97. The molecule has 0 N–H and O–H groups in total. The van der Waals surface area contributed by atoms with Crippen molar-refractivity contribution in [2.24, 2.45) is 0 Å². The van der Waals surface area contributed by atoms with Crippen LogP contribution in [0.5, 0.6) is 0 Å². The predicted molar refractivity (Wildman–Crippen MR) is 56.1 cm³/mol. The molecule has 4 nitrogen and oxygen atoms in total. The Labute approximate surface area is 90.9 Å². The van der Waals surface area contributed by atoms with Gasteiger partial charge >= 0.3 is 11.9 Å². The standard InChI is InChI=1S/C11H20O4/c1-4-7-9(12)14-11(6-3)15-10(13)8-5-2/h11H,4-8H2,1-3H3. The third kappa shape index (κ3) is 6.94. The molecule has 0 spiro atoms. The highest BCUT2D eigenvalue weighted by Crippen LogP contribution is 2.06. The summed E-state index contributed by atoms with van der Waals surface area (Å²) >= 11 is 0. The van der Waals surface area contributed by atoms with Gasteiger partial charge in [0.2, 0.25) is 6.29 Å². The fourth-order valence-corrected chi connectivity index (χ4v) is 1.01. The lowest BCUT2D eigenvalue weighted by molar-refractivity contribution is -0.188. The van der Waals surface area contributed by atoms with Crippen LogP contribution in [0.2, 0.25) is 0 Å². The quantitative estimate of drug-likeness (QED) is 0.484. The van der Waals surface area contributed by atoms with E-state index in [2.05, 4.69) is 0 Å². The number of hydrogen-bond donors (Lipinski definition) is 0. The number of ether oxygens (including phenoxy) is 2. The topological polar surface area (TPSA) is 52.6 Å². The Balaban J connectivity index is 3.91. The molecule has 0 saturated carbocycles. The van der Waals surface area contributed by atoms with E-state index in [-0.39, 0.29) is 11.9 Å². The van der Waals surface area contributed by atoms with Crippen molar-refractivity contribution in [3.05, 3.63) is 0 Å². The molecule has 0 atom stereocenters. The first-order valence-corrected chi connectivity index (χ1v) is 5.52. The minimum atomic E-state index is -0.719. The Morgan fingerprint density at radius 1 is 0.933 bits per heavy atom. The summed E-state index contributed by atoms with van der Waals surface area (Å²) in [7, 11) is 0. The minimum Gasteiger partial charge on any atom is -0.425 e. The van der Waals surface area contributed by atoms with Crippen LogP contribution in [0.15, 0.2) is 0 Å². The average molecular weight is 216 g/mol. The third-order valence-electron chi connectivity index (χ3n) is 1.77. The molecule has 0 aromatic heterocycles. The Morgan fingerprint density at radius 2 is 1.33 bits per heavy atom. The van der Waals surface area contributed by atoms with E-state index in [4.69, 9.17) is 9.47 Å². The van der Waals surface area contributed by atoms with Gasteiger partial charge in [-0.2, -0.15) is 0 Å². The van der Waals surface area contributed by atoms with Gasteiger partial charge in [-0.1, -0.05) is 20.8 Å². The normalized spacial score (nSPS) is 10.1. The van der Waals surface area contributed by atoms with Crippen molar-refractivity contribution < 1.29 is 19.1 Å². The summed E-state index contributed by atoms with van der Waals surface area (Å²) in [5.74, 6) is -0.623. The molecule has 0 saturated heterocycles. The second-order valence-electron chi connectivity index (χ2n) is 3.32. The monoisotopic (exact) mass is 216 g/mol. The summed E-state index contributed by atoms with van der Waals surface area (Å²) in [6.45, 7) is 5.60. The molecule has 0 aromatic carbocycles. The van der Waals surface area contributed by atoms with Gasteiger partial charge in [0.05, 0.1) is 0 Å². The Hall–Kier alpha value is -1.06. The molecule has 0 radical (unpaired) electrons. The van der Waals surface area contributed by atoms with Crippen LogP contribution in [0.1, 0.15) is 52.9 Å². The third-order valence-corrected chi connectivity index (χ3v) is 1.77. The summed E-state index contributed by atoms with van der Waals surface area (Å²) in [6, 6.07) is 0. The molecule has 0 amide bonds. The average Bonchev–Trinajstić information content (AvgIpc) is 2.17. The largest absolute Gasteiger partial charge is 0.425 e. The lowest BCUT2D eigenvalue weighted by Gasteiger charge is -2.16. The van der Waals surface area contributed by atoms with Crippen LogP contribution >= 0.6 is 0 Å². The Kier molecular flexibility index (Phi) is 7.68. The molecule has 0 aromatic rings. The maximum absolute atomic E-state index is 11.1. The van der Waals surface area contributed by atoms with Gasteiger partial charge in [0, 0.05) is 19.3 Å². The van der Waals surface area contributed by atoms with Crippen LogP contribution in [0, 0.1) is 0 Å². The number of esters is 2. The molecule has 0 aliphatic carbocycles. The van der Waals surface area contributed by atoms with E-state index in [1.807, 2.05) is 20.8 Å². The van der Waals surface area contributed by atoms with Gasteiger partial charge in [0.1, 0.15) is 0 Å². The first-order chi connectivity index (χ1) is 7.13. The van der Waals surface area contributed by atoms with Crippen LogP contribution in [0.3, 0.4) is 0 Å². The van der Waals surface area contributed by atoms with Gasteiger partial charge in [0.15, 0.2) is 0 Å². The predicted octanol–water partition coefficient (Wildman–Crippen LogP) is 2.41. The van der Waals surface area contributed by atoms with Crippen molar-refractivity contribution in [3.63, 3.8) is 0 Å². The Morgan fingerprint density at radius 3 is 1.60 bits per heavy atom. The van der Waals surface area contributed by atoms with Gasteiger partial charge < -0.3 is 9.47 Å². The first kappa shape index (κ1) is 13.9. The van der Waals surface area contributed by atoms with Crippen LogP contribution in [-0.4, -0.2) is 18.2 Å². The maximum atomic E-state index is 11.1. The van der Waals surface area contributed by atoms with Gasteiger partial charge in [-0.25, -0.2) is 0 Å². The van der Waals surface area contributed by atoms with Crippen molar-refractivity contribution in [1.82, 2.24) is 0 Å². The van der Waals surface area contributed by atoms with Crippen LogP contribution in [0.4, 0.5) is 0 Å². The van der Waals surface area contributed by atoms with E-state index >= 15 is 0 Å². The second kappa shape index (κ2) is 8.26. The van der Waals surface area contributed by atoms with Crippen molar-refractivity contribution in [2.75, 3.05) is 0 Å². The Bertz CT molecular complexity index is 181. The molecule has 0 aliphatic heterocycles. The second-order valence-corrected chi connectivity index (χ2v) is 3.32. The van der Waals surface area contributed by atoms with E-state index in [0.717, 1.165) is 12.8 Å². The molecule has 0 aliphatic rings. The molecule has 15 heavy (non-hydrogen) atoms. The van der Waals surface area contributed by atoms with Crippen LogP contribution in [-0.2, 0) is 19.1 Å². The lowest BCUT2D eigenvalue weighted by Crippen LogP contribution is -2.23. The zero-order valence-corrected chi connectivity index (χ0v) is 9.75. The summed E-state index contributed by atoms with van der Waals surface area (Å²) in [4.78, 5) is 22.3. The molecule has 0 bridgehead atoms. The maximum Gasteiger partial charge on any atom is 0.308 e. The molecule has 0 rings (SSSR count). The van der Waals surface area contributed by atoms with Gasteiger partial charge in [-0.3, -0.25) is 9.59 Å². The molecular formula is C11H20O4. The molecular weight excluding hydrogens is 196 g/mol. The molecule has 0 fully saturated rings. The summed E-state index contributed by atoms with van der Waals surface area (Å²) in [5, 5.41) is 0. The molecule has 0 unspecified atom stereocenters. The number of rotatable bonds is 7. The van der Waals surface area contributed by atoms with Crippen molar-refractivity contribution in [2.45, 2.75) is 59.2 Å². The van der Waals surface area contributed by atoms with Gasteiger partial charge in [-0.05, 0) is 12.8 Å². The first-order valence-electron chi connectivity index (χ1n) is 5.52. The van der Waals surface area contributed by atoms with Crippen molar-refractivity contribution in [1.29, 1.82) is 0 Å². The van der Waals surface area contributed by atoms with E-state index in [1.54, 1.807) is 0 Å². The van der Waals surface area contributed by atoms with Crippen LogP contribution < -0.4 is 0 Å². The highest BCUT2D eigenvalue weighted by Gasteiger charge is 2.15. The van der Waals surface area contributed by atoms with Gasteiger partial charge in [0.25, 0.3) is 0 Å². The molecule has 4 heteroatoms. The number of carbonyl (C=O) groups is 2. The van der Waals surface area contributed by atoms with E-state index < -0.39 is 6.29 Å². The fraction of sp³-hybridized carbons (Fsp3) is 0.818. The van der Waals surface area contributed by atoms with Crippen LogP contribution in [0.25, 0.3) is 0 Å². The van der Waals surface area contributed by atoms with E-state index in [0.29, 0.717) is 19.3 Å². The zero-order valence-electron chi connectivity index (χ0n) is 9.75. The zero-order chi connectivity index (χ0) is 11.7. The lowest BCUT2D eigenvalue weighted by atomic mass is 10.3. The van der Waals surface area contributed by atoms with Gasteiger partial charge in [-0.15, -0.1) is 0 Å². The van der Waals surface area contributed by atoms with E-state index in [1.165, 1.54) is 0 Å². The minimum absolute atomic E-state index is 0.311. The van der Waals surface area contributed by atoms with Crippen molar-refractivity contribution in [3.8, 4) is 0 Å². The fourth-order valence-electron chi connectivity index (χ4n) is 1.01. The molecule has 88 valence electrons.